The number of rotatable bonds is 4. The molecule has 0 radical (unpaired) electrons. The van der Waals surface area contributed by atoms with Crippen molar-refractivity contribution in [2.45, 2.75) is 40.5 Å². The summed E-state index contributed by atoms with van der Waals surface area (Å²) in [4.78, 5) is 12.9. The molecule has 0 fully saturated rings. The van der Waals surface area contributed by atoms with Crippen LogP contribution in [0.3, 0.4) is 0 Å². The van der Waals surface area contributed by atoms with Crippen molar-refractivity contribution >= 4 is 5.91 Å². The molecule has 0 aromatic carbocycles. The molecule has 0 unspecified atom stereocenters. The standard InChI is InChI=1S/C9H17NO.C2H6/c1-4-6-8-10(3)9(11)7-5-2;1-2/h4,6H,5,7-8H2,1-3H3;1-2H3/b6-4-;. The molecule has 0 aromatic heterocycles. The molecule has 1 amide bonds. The topological polar surface area (TPSA) is 20.3 Å². The zero-order chi connectivity index (χ0) is 10.7. The van der Waals surface area contributed by atoms with Gasteiger partial charge in [0.15, 0.2) is 0 Å². The first-order chi connectivity index (χ1) is 6.22. The van der Waals surface area contributed by atoms with Gasteiger partial charge in [0.1, 0.15) is 0 Å². The number of nitrogens with zero attached hydrogens (tertiary/aromatic N) is 1. The van der Waals surface area contributed by atoms with Crippen LogP contribution < -0.4 is 0 Å². The lowest BCUT2D eigenvalue weighted by Gasteiger charge is -2.13. The summed E-state index contributed by atoms with van der Waals surface area (Å²) in [5.41, 5.74) is 0. The van der Waals surface area contributed by atoms with Crippen molar-refractivity contribution in [3.8, 4) is 0 Å². The van der Waals surface area contributed by atoms with E-state index in [9.17, 15) is 4.79 Å². The van der Waals surface area contributed by atoms with E-state index in [2.05, 4.69) is 0 Å². The Morgan fingerprint density at radius 1 is 1.38 bits per heavy atom. The van der Waals surface area contributed by atoms with Crippen LogP contribution in [0.4, 0.5) is 0 Å². The van der Waals surface area contributed by atoms with E-state index in [1.54, 1.807) is 4.90 Å². The fourth-order valence-electron chi connectivity index (χ4n) is 0.770. The molecule has 0 aliphatic rings. The Kier molecular flexibility index (Phi) is 12.7. The van der Waals surface area contributed by atoms with E-state index < -0.39 is 0 Å². The zero-order valence-corrected chi connectivity index (χ0v) is 9.63. The normalized spacial score (nSPS) is 9.31. The van der Waals surface area contributed by atoms with Gasteiger partial charge >= 0.3 is 0 Å². The van der Waals surface area contributed by atoms with Crippen molar-refractivity contribution < 1.29 is 4.79 Å². The number of hydrogen-bond acceptors (Lipinski definition) is 1. The first-order valence-electron chi connectivity index (χ1n) is 5.07. The number of hydrogen-bond donors (Lipinski definition) is 0. The summed E-state index contributed by atoms with van der Waals surface area (Å²) < 4.78 is 0. The lowest BCUT2D eigenvalue weighted by atomic mass is 10.3. The molecular formula is C11H23NO. The van der Waals surface area contributed by atoms with E-state index in [4.69, 9.17) is 0 Å². The smallest absolute Gasteiger partial charge is 0.222 e. The fraction of sp³-hybridized carbons (Fsp3) is 0.727. The van der Waals surface area contributed by atoms with Gasteiger partial charge in [-0.15, -0.1) is 0 Å². The van der Waals surface area contributed by atoms with Crippen LogP contribution in [0.5, 0.6) is 0 Å². The summed E-state index contributed by atoms with van der Waals surface area (Å²) in [5.74, 6) is 0.227. The summed E-state index contributed by atoms with van der Waals surface area (Å²) in [6.45, 7) is 8.70. The maximum Gasteiger partial charge on any atom is 0.222 e. The van der Waals surface area contributed by atoms with E-state index in [1.165, 1.54) is 0 Å². The van der Waals surface area contributed by atoms with Crippen molar-refractivity contribution in [1.29, 1.82) is 0 Å². The van der Waals surface area contributed by atoms with E-state index in [-0.39, 0.29) is 5.91 Å². The van der Waals surface area contributed by atoms with Gasteiger partial charge in [-0.25, -0.2) is 0 Å². The van der Waals surface area contributed by atoms with Crippen LogP contribution in [0.1, 0.15) is 40.5 Å². The minimum Gasteiger partial charge on any atom is -0.342 e. The molecule has 0 spiro atoms. The quantitative estimate of drug-likeness (QED) is 0.617. The molecule has 0 N–H and O–H groups in total. The first kappa shape index (κ1) is 14.7. The highest BCUT2D eigenvalue weighted by molar-refractivity contribution is 5.75. The highest BCUT2D eigenvalue weighted by atomic mass is 16.2. The van der Waals surface area contributed by atoms with Crippen LogP contribution in [-0.4, -0.2) is 24.4 Å². The third-order valence-electron chi connectivity index (χ3n) is 1.50. The number of likely N-dealkylation sites (N-methyl/N-ethyl adjacent to an activating group) is 1. The number of carbonyl (C=O) groups is 1. The molecule has 0 saturated carbocycles. The lowest BCUT2D eigenvalue weighted by molar-refractivity contribution is -0.129. The SMILES string of the molecule is C/C=C\CN(C)C(=O)CCC.CC. The largest absolute Gasteiger partial charge is 0.342 e. The highest BCUT2D eigenvalue weighted by Crippen LogP contribution is 1.94. The van der Waals surface area contributed by atoms with E-state index >= 15 is 0 Å². The van der Waals surface area contributed by atoms with Crippen LogP contribution in [0.2, 0.25) is 0 Å². The molecule has 0 bridgehead atoms. The molecule has 13 heavy (non-hydrogen) atoms. The summed E-state index contributed by atoms with van der Waals surface area (Å²) in [6, 6.07) is 0. The molecule has 0 atom stereocenters. The van der Waals surface area contributed by atoms with Crippen LogP contribution in [0.15, 0.2) is 12.2 Å². The number of allylic oxidation sites excluding steroid dienone is 1. The van der Waals surface area contributed by atoms with Crippen molar-refractivity contribution in [2.24, 2.45) is 0 Å². The van der Waals surface area contributed by atoms with Crippen molar-refractivity contribution in [3.63, 3.8) is 0 Å². The Labute approximate surface area is 82.6 Å². The Bertz CT molecular complexity index is 141. The van der Waals surface area contributed by atoms with Gasteiger partial charge in [-0.3, -0.25) is 4.79 Å². The molecule has 78 valence electrons. The molecule has 0 saturated heterocycles. The van der Waals surface area contributed by atoms with Gasteiger partial charge < -0.3 is 4.90 Å². The zero-order valence-electron chi connectivity index (χ0n) is 9.63. The molecule has 0 aliphatic heterocycles. The molecule has 0 rings (SSSR count). The molecule has 0 heterocycles. The number of amides is 1. The average Bonchev–Trinajstić information content (AvgIpc) is 2.17. The van der Waals surface area contributed by atoms with Crippen LogP contribution >= 0.6 is 0 Å². The van der Waals surface area contributed by atoms with Crippen LogP contribution in [-0.2, 0) is 4.79 Å². The van der Waals surface area contributed by atoms with Gasteiger partial charge in [-0.2, -0.15) is 0 Å². The second-order valence-electron chi connectivity index (χ2n) is 2.59. The van der Waals surface area contributed by atoms with Crippen molar-refractivity contribution in [3.05, 3.63) is 12.2 Å². The predicted molar refractivity (Wildman–Crippen MR) is 58.7 cm³/mol. The van der Waals surface area contributed by atoms with Crippen LogP contribution in [0, 0.1) is 0 Å². The van der Waals surface area contributed by atoms with Gasteiger partial charge in [0, 0.05) is 20.0 Å². The van der Waals surface area contributed by atoms with Gasteiger partial charge in [-0.1, -0.05) is 32.9 Å². The van der Waals surface area contributed by atoms with Crippen molar-refractivity contribution in [1.82, 2.24) is 4.90 Å². The summed E-state index contributed by atoms with van der Waals surface area (Å²) in [5, 5.41) is 0. The number of carbonyl (C=O) groups excluding carboxylic acids is 1. The van der Waals surface area contributed by atoms with E-state index in [0.717, 1.165) is 13.0 Å². The minimum absolute atomic E-state index is 0.227. The monoisotopic (exact) mass is 185 g/mol. The molecule has 2 heteroatoms. The highest BCUT2D eigenvalue weighted by Gasteiger charge is 2.03. The molecule has 0 aliphatic carbocycles. The summed E-state index contributed by atoms with van der Waals surface area (Å²) in [6.07, 6.45) is 5.52. The molecule has 2 nitrogen and oxygen atoms in total. The maximum absolute atomic E-state index is 11.1. The summed E-state index contributed by atoms with van der Waals surface area (Å²) >= 11 is 0. The minimum atomic E-state index is 0.227. The average molecular weight is 185 g/mol. The van der Waals surface area contributed by atoms with Gasteiger partial charge in [0.25, 0.3) is 0 Å². The second-order valence-corrected chi connectivity index (χ2v) is 2.59. The lowest BCUT2D eigenvalue weighted by Crippen LogP contribution is -2.26. The summed E-state index contributed by atoms with van der Waals surface area (Å²) in [7, 11) is 1.83. The third-order valence-corrected chi connectivity index (χ3v) is 1.50. The first-order valence-corrected chi connectivity index (χ1v) is 5.07. The van der Waals surface area contributed by atoms with E-state index in [1.807, 2.05) is 46.9 Å². The van der Waals surface area contributed by atoms with E-state index in [0.29, 0.717) is 6.42 Å². The molecule has 0 aromatic rings. The Morgan fingerprint density at radius 3 is 2.31 bits per heavy atom. The van der Waals surface area contributed by atoms with Gasteiger partial charge in [0.05, 0.1) is 0 Å². The predicted octanol–water partition coefficient (Wildman–Crippen LogP) is 2.85. The Balaban J connectivity index is 0. The van der Waals surface area contributed by atoms with Gasteiger partial charge in [0.2, 0.25) is 5.91 Å². The van der Waals surface area contributed by atoms with Crippen LogP contribution in [0.25, 0.3) is 0 Å². The molecular weight excluding hydrogens is 162 g/mol. The fourth-order valence-corrected chi connectivity index (χ4v) is 0.770. The Morgan fingerprint density at radius 2 is 1.92 bits per heavy atom. The van der Waals surface area contributed by atoms with Gasteiger partial charge in [-0.05, 0) is 13.3 Å². The Hall–Kier alpha value is -0.790. The third kappa shape index (κ3) is 9.12. The van der Waals surface area contributed by atoms with Crippen molar-refractivity contribution in [2.75, 3.05) is 13.6 Å². The second kappa shape index (κ2) is 11.2. The maximum atomic E-state index is 11.1.